The molecule has 0 aromatic heterocycles. The SMILES string of the molecule is CCCCC=CN1CCC[Si]1(C)OC. The molecule has 0 radical (unpaired) electrons. The summed E-state index contributed by atoms with van der Waals surface area (Å²) < 4.78 is 8.14. The zero-order valence-corrected chi connectivity index (χ0v) is 10.8. The number of hydrogen-bond acceptors (Lipinski definition) is 2. The molecule has 0 aromatic carbocycles. The van der Waals surface area contributed by atoms with Crippen molar-refractivity contribution in [3.8, 4) is 0 Å². The number of rotatable bonds is 5. The van der Waals surface area contributed by atoms with Crippen LogP contribution in [-0.2, 0) is 4.43 Å². The van der Waals surface area contributed by atoms with Gasteiger partial charge < -0.3 is 8.99 Å². The van der Waals surface area contributed by atoms with E-state index in [1.165, 1.54) is 38.3 Å². The van der Waals surface area contributed by atoms with E-state index in [-0.39, 0.29) is 0 Å². The summed E-state index contributed by atoms with van der Waals surface area (Å²) in [7, 11) is 0.362. The molecule has 3 heteroatoms. The van der Waals surface area contributed by atoms with Crippen molar-refractivity contribution in [2.24, 2.45) is 0 Å². The van der Waals surface area contributed by atoms with Crippen LogP contribution in [0, 0.1) is 0 Å². The lowest BCUT2D eigenvalue weighted by Crippen LogP contribution is -2.44. The molecule has 0 aliphatic carbocycles. The Kier molecular flexibility index (Phi) is 4.68. The summed E-state index contributed by atoms with van der Waals surface area (Å²) in [6.07, 6.45) is 9.67. The van der Waals surface area contributed by atoms with Crippen LogP contribution in [0.25, 0.3) is 0 Å². The van der Waals surface area contributed by atoms with Gasteiger partial charge in [-0.15, -0.1) is 0 Å². The largest absolute Gasteiger partial charge is 0.402 e. The van der Waals surface area contributed by atoms with Crippen LogP contribution in [-0.4, -0.2) is 26.7 Å². The third kappa shape index (κ3) is 2.85. The second-order valence-corrected chi connectivity index (χ2v) is 8.04. The van der Waals surface area contributed by atoms with Crippen LogP contribution in [0.3, 0.4) is 0 Å². The van der Waals surface area contributed by atoms with Gasteiger partial charge in [0.25, 0.3) is 8.48 Å². The summed E-state index contributed by atoms with van der Waals surface area (Å²) in [5, 5.41) is 0. The molecule has 1 aliphatic rings. The van der Waals surface area contributed by atoms with Gasteiger partial charge >= 0.3 is 0 Å². The molecule has 1 rings (SSSR count). The summed E-state index contributed by atoms with van der Waals surface area (Å²) in [6.45, 7) is 5.74. The minimum Gasteiger partial charge on any atom is -0.402 e. The Hall–Kier alpha value is -0.283. The highest BCUT2D eigenvalue weighted by Gasteiger charge is 2.38. The van der Waals surface area contributed by atoms with E-state index in [9.17, 15) is 0 Å². The number of unbranched alkanes of at least 4 members (excludes halogenated alkanes) is 2. The van der Waals surface area contributed by atoms with Crippen LogP contribution in [0.1, 0.15) is 32.6 Å². The van der Waals surface area contributed by atoms with Crippen LogP contribution in [0.15, 0.2) is 12.3 Å². The second kappa shape index (κ2) is 5.56. The van der Waals surface area contributed by atoms with Crippen LogP contribution in [0.2, 0.25) is 12.6 Å². The van der Waals surface area contributed by atoms with E-state index < -0.39 is 8.48 Å². The zero-order chi connectivity index (χ0) is 10.4. The maximum absolute atomic E-state index is 5.68. The summed E-state index contributed by atoms with van der Waals surface area (Å²) >= 11 is 0. The Bertz CT molecular complexity index is 196. The van der Waals surface area contributed by atoms with E-state index in [0.717, 1.165) is 0 Å². The summed E-state index contributed by atoms with van der Waals surface area (Å²) in [4.78, 5) is 0. The van der Waals surface area contributed by atoms with E-state index in [4.69, 9.17) is 4.43 Å². The first-order chi connectivity index (χ1) is 6.73. The molecule has 1 unspecified atom stereocenters. The van der Waals surface area contributed by atoms with Gasteiger partial charge in [0, 0.05) is 13.7 Å². The molecule has 14 heavy (non-hydrogen) atoms. The predicted molar refractivity (Wildman–Crippen MR) is 63.4 cm³/mol. The fourth-order valence-electron chi connectivity index (χ4n) is 1.93. The number of hydrogen-bond donors (Lipinski definition) is 0. The van der Waals surface area contributed by atoms with Crippen molar-refractivity contribution in [3.05, 3.63) is 12.3 Å². The zero-order valence-electron chi connectivity index (χ0n) is 9.75. The Morgan fingerprint density at radius 3 is 2.93 bits per heavy atom. The molecule has 0 N–H and O–H groups in total. The first-order valence-electron chi connectivity index (χ1n) is 5.71. The summed E-state index contributed by atoms with van der Waals surface area (Å²) in [5.41, 5.74) is 0. The van der Waals surface area contributed by atoms with E-state index in [2.05, 4.69) is 30.3 Å². The van der Waals surface area contributed by atoms with Gasteiger partial charge in [0.2, 0.25) is 0 Å². The van der Waals surface area contributed by atoms with Gasteiger partial charge in [0.15, 0.2) is 0 Å². The lowest BCUT2D eigenvalue weighted by atomic mass is 10.2. The Balaban J connectivity index is 2.39. The minimum atomic E-state index is -1.50. The third-order valence-electron chi connectivity index (χ3n) is 3.10. The van der Waals surface area contributed by atoms with Crippen molar-refractivity contribution in [1.82, 2.24) is 4.57 Å². The molecule has 1 heterocycles. The summed E-state index contributed by atoms with van der Waals surface area (Å²) in [5.74, 6) is 0. The molecule has 1 aliphatic heterocycles. The molecule has 0 spiro atoms. The molecule has 82 valence electrons. The summed E-state index contributed by atoms with van der Waals surface area (Å²) in [6, 6.07) is 1.28. The van der Waals surface area contributed by atoms with Crippen molar-refractivity contribution in [2.45, 2.75) is 45.2 Å². The predicted octanol–water partition coefficient (Wildman–Crippen LogP) is 3.11. The van der Waals surface area contributed by atoms with Crippen LogP contribution in [0.5, 0.6) is 0 Å². The normalized spacial score (nSPS) is 27.8. The van der Waals surface area contributed by atoms with Crippen molar-refractivity contribution < 1.29 is 4.43 Å². The number of allylic oxidation sites excluding steroid dienone is 1. The van der Waals surface area contributed by atoms with Gasteiger partial charge in [0.05, 0.1) is 0 Å². The van der Waals surface area contributed by atoms with E-state index in [0.29, 0.717) is 0 Å². The highest BCUT2D eigenvalue weighted by atomic mass is 28.4. The smallest absolute Gasteiger partial charge is 0.296 e. The Morgan fingerprint density at radius 1 is 1.50 bits per heavy atom. The van der Waals surface area contributed by atoms with Crippen LogP contribution >= 0.6 is 0 Å². The van der Waals surface area contributed by atoms with Gasteiger partial charge in [-0.05, 0) is 31.6 Å². The molecule has 1 atom stereocenters. The topological polar surface area (TPSA) is 12.5 Å². The maximum Gasteiger partial charge on any atom is 0.296 e. The van der Waals surface area contributed by atoms with E-state index in [1.807, 2.05) is 7.11 Å². The van der Waals surface area contributed by atoms with Gasteiger partial charge in [-0.2, -0.15) is 0 Å². The van der Waals surface area contributed by atoms with Crippen molar-refractivity contribution in [1.29, 1.82) is 0 Å². The monoisotopic (exact) mass is 213 g/mol. The third-order valence-corrected chi connectivity index (χ3v) is 6.85. The molecule has 0 bridgehead atoms. The average Bonchev–Trinajstić information content (AvgIpc) is 2.56. The molecule has 0 saturated carbocycles. The van der Waals surface area contributed by atoms with Crippen molar-refractivity contribution in [2.75, 3.05) is 13.7 Å². The first-order valence-corrected chi connectivity index (χ1v) is 8.28. The standard InChI is InChI=1S/C11H23NOSi/c1-4-5-6-7-9-12-10-8-11-14(12,3)13-2/h7,9H,4-6,8,10-11H2,1-3H3. The van der Waals surface area contributed by atoms with E-state index >= 15 is 0 Å². The fraction of sp³-hybridized carbons (Fsp3) is 0.818. The van der Waals surface area contributed by atoms with Gasteiger partial charge in [-0.3, -0.25) is 0 Å². The quantitative estimate of drug-likeness (QED) is 0.514. The minimum absolute atomic E-state index is 1.19. The molecular formula is C11H23NOSi. The lowest BCUT2D eigenvalue weighted by molar-refractivity contribution is 0.353. The molecule has 0 aromatic rings. The van der Waals surface area contributed by atoms with Gasteiger partial charge in [-0.1, -0.05) is 25.8 Å². The highest BCUT2D eigenvalue weighted by Crippen LogP contribution is 2.26. The Labute approximate surface area is 89.2 Å². The van der Waals surface area contributed by atoms with E-state index in [1.54, 1.807) is 0 Å². The highest BCUT2D eigenvalue weighted by molar-refractivity contribution is 6.70. The average molecular weight is 213 g/mol. The van der Waals surface area contributed by atoms with Gasteiger partial charge in [0.1, 0.15) is 0 Å². The van der Waals surface area contributed by atoms with Crippen molar-refractivity contribution in [3.63, 3.8) is 0 Å². The van der Waals surface area contributed by atoms with Crippen LogP contribution < -0.4 is 0 Å². The molecule has 2 nitrogen and oxygen atoms in total. The van der Waals surface area contributed by atoms with Crippen molar-refractivity contribution >= 4 is 8.48 Å². The molecular weight excluding hydrogens is 190 g/mol. The molecule has 1 saturated heterocycles. The molecule has 1 fully saturated rings. The number of nitrogens with zero attached hydrogens (tertiary/aromatic N) is 1. The maximum atomic E-state index is 5.68. The molecule has 0 amide bonds. The van der Waals surface area contributed by atoms with Crippen LogP contribution in [0.4, 0.5) is 0 Å². The Morgan fingerprint density at radius 2 is 2.29 bits per heavy atom. The van der Waals surface area contributed by atoms with Gasteiger partial charge in [-0.25, -0.2) is 0 Å². The second-order valence-electron chi connectivity index (χ2n) is 4.20. The lowest BCUT2D eigenvalue weighted by Gasteiger charge is -2.29. The first kappa shape index (κ1) is 11.8. The fourth-order valence-corrected chi connectivity index (χ4v) is 4.52.